The summed E-state index contributed by atoms with van der Waals surface area (Å²) in [6, 6.07) is 15.6. The second-order valence-electron chi connectivity index (χ2n) is 5.34. The number of rotatable bonds is 3. The summed E-state index contributed by atoms with van der Waals surface area (Å²) in [4.78, 5) is 17.1. The Balaban J connectivity index is 1.88. The Morgan fingerprint density at radius 3 is 2.33 bits per heavy atom. The first-order valence-corrected chi connectivity index (χ1v) is 9.22. The molecule has 5 nitrogen and oxygen atoms in total. The van der Waals surface area contributed by atoms with Gasteiger partial charge in [0, 0.05) is 29.2 Å². The topological polar surface area (TPSA) is 72.5 Å². The summed E-state index contributed by atoms with van der Waals surface area (Å²) in [5.74, 6) is 0.0722. The molecule has 1 atom stereocenters. The van der Waals surface area contributed by atoms with E-state index in [1.165, 1.54) is 6.26 Å². The van der Waals surface area contributed by atoms with Crippen LogP contribution in [0.5, 0.6) is 0 Å². The van der Waals surface area contributed by atoms with Crippen LogP contribution in [-0.4, -0.2) is 21.4 Å². The standard InChI is InChI=1S/C18H16N2O3S/c1-13-19-17(12-23-13)14-8-10-15(11-9-14)18(21)20-24(2,22)16-6-4-3-5-7-16/h3-12H,1-2H3. The van der Waals surface area contributed by atoms with Crippen LogP contribution in [0.15, 0.2) is 74.5 Å². The van der Waals surface area contributed by atoms with Gasteiger partial charge in [0.15, 0.2) is 5.89 Å². The van der Waals surface area contributed by atoms with Crippen molar-refractivity contribution >= 4 is 15.6 Å². The van der Waals surface area contributed by atoms with Gasteiger partial charge in [-0.05, 0) is 24.3 Å². The molecule has 0 saturated carbocycles. The predicted octanol–water partition coefficient (Wildman–Crippen LogP) is 3.95. The highest BCUT2D eigenvalue weighted by Crippen LogP contribution is 2.20. The van der Waals surface area contributed by atoms with Crippen molar-refractivity contribution in [1.29, 1.82) is 0 Å². The summed E-state index contributed by atoms with van der Waals surface area (Å²) in [6.45, 7) is 1.77. The zero-order valence-electron chi connectivity index (χ0n) is 13.3. The molecule has 0 spiro atoms. The Morgan fingerprint density at radius 2 is 1.75 bits per heavy atom. The SMILES string of the molecule is Cc1nc(-c2ccc(C(=O)N=S(C)(=O)c3ccccc3)cc2)co1. The van der Waals surface area contributed by atoms with E-state index in [-0.39, 0.29) is 0 Å². The second kappa shape index (κ2) is 6.41. The van der Waals surface area contributed by atoms with Gasteiger partial charge in [0.25, 0.3) is 5.91 Å². The molecule has 24 heavy (non-hydrogen) atoms. The predicted molar refractivity (Wildman–Crippen MR) is 92.2 cm³/mol. The number of oxazole rings is 1. The number of nitrogens with zero attached hydrogens (tertiary/aromatic N) is 2. The van der Waals surface area contributed by atoms with Gasteiger partial charge in [-0.15, -0.1) is 0 Å². The molecule has 0 fully saturated rings. The van der Waals surface area contributed by atoms with Gasteiger partial charge in [-0.2, -0.15) is 4.36 Å². The van der Waals surface area contributed by atoms with Crippen molar-refractivity contribution in [2.24, 2.45) is 4.36 Å². The molecule has 1 amide bonds. The summed E-state index contributed by atoms with van der Waals surface area (Å²) in [5, 5.41) is 0. The van der Waals surface area contributed by atoms with Crippen molar-refractivity contribution in [3.05, 3.63) is 72.3 Å². The summed E-state index contributed by atoms with van der Waals surface area (Å²) < 4.78 is 21.7. The minimum Gasteiger partial charge on any atom is -0.449 e. The van der Waals surface area contributed by atoms with Crippen LogP contribution in [-0.2, 0) is 9.73 Å². The number of hydrogen-bond acceptors (Lipinski definition) is 4. The van der Waals surface area contributed by atoms with Crippen LogP contribution in [0.25, 0.3) is 11.3 Å². The molecule has 0 radical (unpaired) electrons. The number of aromatic nitrogens is 1. The molecule has 0 N–H and O–H groups in total. The Kier molecular flexibility index (Phi) is 4.31. The fourth-order valence-electron chi connectivity index (χ4n) is 2.22. The molecule has 0 bridgehead atoms. The third-order valence-corrected chi connectivity index (χ3v) is 5.15. The summed E-state index contributed by atoms with van der Waals surface area (Å²) in [5.41, 5.74) is 1.92. The summed E-state index contributed by atoms with van der Waals surface area (Å²) in [6.07, 6.45) is 3.03. The summed E-state index contributed by atoms with van der Waals surface area (Å²) in [7, 11) is -2.77. The number of carbonyl (C=O) groups is 1. The van der Waals surface area contributed by atoms with E-state index in [2.05, 4.69) is 9.35 Å². The second-order valence-corrected chi connectivity index (χ2v) is 7.60. The van der Waals surface area contributed by atoms with Crippen molar-refractivity contribution in [3.8, 4) is 11.3 Å². The van der Waals surface area contributed by atoms with Crippen molar-refractivity contribution < 1.29 is 13.4 Å². The quantitative estimate of drug-likeness (QED) is 0.724. The largest absolute Gasteiger partial charge is 0.449 e. The van der Waals surface area contributed by atoms with E-state index >= 15 is 0 Å². The van der Waals surface area contributed by atoms with E-state index in [1.807, 2.05) is 6.07 Å². The highest BCUT2D eigenvalue weighted by Gasteiger charge is 2.11. The normalized spacial score (nSPS) is 13.2. The Labute approximate surface area is 140 Å². The van der Waals surface area contributed by atoms with Crippen LogP contribution in [0, 0.1) is 6.92 Å². The van der Waals surface area contributed by atoms with E-state index in [0.29, 0.717) is 22.0 Å². The number of aryl methyl sites for hydroxylation is 1. The van der Waals surface area contributed by atoms with Crippen molar-refractivity contribution in [2.75, 3.05) is 6.26 Å². The monoisotopic (exact) mass is 340 g/mol. The molecule has 3 aromatic rings. The molecule has 1 aromatic heterocycles. The smallest absolute Gasteiger partial charge is 0.285 e. The van der Waals surface area contributed by atoms with Crippen LogP contribution in [0.2, 0.25) is 0 Å². The van der Waals surface area contributed by atoms with Crippen LogP contribution >= 0.6 is 0 Å². The maximum absolute atomic E-state index is 12.7. The molecule has 1 heterocycles. The van der Waals surface area contributed by atoms with Crippen molar-refractivity contribution in [3.63, 3.8) is 0 Å². The van der Waals surface area contributed by atoms with Crippen molar-refractivity contribution in [2.45, 2.75) is 11.8 Å². The van der Waals surface area contributed by atoms with Gasteiger partial charge in [-0.1, -0.05) is 30.3 Å². The van der Waals surface area contributed by atoms with E-state index in [4.69, 9.17) is 4.42 Å². The van der Waals surface area contributed by atoms with Gasteiger partial charge in [-0.3, -0.25) is 4.79 Å². The third-order valence-electron chi connectivity index (χ3n) is 3.48. The lowest BCUT2D eigenvalue weighted by molar-refractivity contribution is 0.100. The average Bonchev–Trinajstić information content (AvgIpc) is 3.02. The van der Waals surface area contributed by atoms with Gasteiger partial charge in [-0.25, -0.2) is 9.19 Å². The maximum atomic E-state index is 12.7. The Bertz CT molecular complexity index is 983. The fraction of sp³-hybridized carbons (Fsp3) is 0.111. The molecule has 1 unspecified atom stereocenters. The molecular weight excluding hydrogens is 324 g/mol. The lowest BCUT2D eigenvalue weighted by Crippen LogP contribution is -2.03. The highest BCUT2D eigenvalue weighted by molar-refractivity contribution is 7.93. The number of amides is 1. The molecule has 0 aliphatic carbocycles. The molecule has 0 aliphatic heterocycles. The van der Waals surface area contributed by atoms with Crippen molar-refractivity contribution in [1.82, 2.24) is 4.98 Å². The number of carbonyl (C=O) groups excluding carboxylic acids is 1. The van der Waals surface area contributed by atoms with E-state index in [0.717, 1.165) is 5.56 Å². The minimum absolute atomic E-state index is 0.379. The first-order valence-electron chi connectivity index (χ1n) is 7.30. The molecule has 6 heteroatoms. The maximum Gasteiger partial charge on any atom is 0.285 e. The van der Waals surface area contributed by atoms with Gasteiger partial charge in [0.2, 0.25) is 0 Å². The van der Waals surface area contributed by atoms with Gasteiger partial charge in [0.05, 0.1) is 9.73 Å². The first kappa shape index (κ1) is 16.1. The molecule has 0 saturated heterocycles. The third kappa shape index (κ3) is 3.44. The minimum atomic E-state index is -2.77. The zero-order valence-corrected chi connectivity index (χ0v) is 14.1. The highest BCUT2D eigenvalue weighted by atomic mass is 32.2. The van der Waals surface area contributed by atoms with E-state index in [9.17, 15) is 9.00 Å². The molecule has 2 aromatic carbocycles. The summed E-state index contributed by atoms with van der Waals surface area (Å²) >= 11 is 0. The molecule has 0 aliphatic rings. The Hall–Kier alpha value is -2.73. The van der Waals surface area contributed by atoms with Gasteiger partial charge < -0.3 is 4.42 Å². The lowest BCUT2D eigenvalue weighted by atomic mass is 10.1. The fourth-order valence-corrected chi connectivity index (χ4v) is 3.41. The molecular formula is C18H16N2O3S. The van der Waals surface area contributed by atoms with E-state index in [1.54, 1.807) is 61.7 Å². The van der Waals surface area contributed by atoms with Crippen LogP contribution < -0.4 is 0 Å². The van der Waals surface area contributed by atoms with Crippen LogP contribution in [0.4, 0.5) is 0 Å². The van der Waals surface area contributed by atoms with Gasteiger partial charge >= 0.3 is 0 Å². The molecule has 122 valence electrons. The first-order chi connectivity index (χ1) is 11.5. The van der Waals surface area contributed by atoms with Crippen LogP contribution in [0.1, 0.15) is 16.2 Å². The zero-order chi connectivity index (χ0) is 17.2. The number of benzene rings is 2. The number of hydrogen-bond donors (Lipinski definition) is 0. The van der Waals surface area contributed by atoms with E-state index < -0.39 is 15.6 Å². The van der Waals surface area contributed by atoms with Crippen LogP contribution in [0.3, 0.4) is 0 Å². The lowest BCUT2D eigenvalue weighted by Gasteiger charge is -2.04. The molecule has 3 rings (SSSR count). The average molecular weight is 340 g/mol. The van der Waals surface area contributed by atoms with Gasteiger partial charge in [0.1, 0.15) is 12.0 Å². The Morgan fingerprint density at radius 1 is 1.08 bits per heavy atom.